The maximum Gasteiger partial charge on any atom is 0.338 e. The number of aliphatic hydroxyl groups is 2. The smallest absolute Gasteiger partial charge is 0.338 e. The molecule has 0 aliphatic carbocycles. The summed E-state index contributed by atoms with van der Waals surface area (Å²) in [5, 5.41) is 21.9. The van der Waals surface area contributed by atoms with Crippen molar-refractivity contribution in [3.05, 3.63) is 46.4 Å². The highest BCUT2D eigenvalue weighted by atomic mass is 79.9. The summed E-state index contributed by atoms with van der Waals surface area (Å²) < 4.78 is 5.37. The lowest BCUT2D eigenvalue weighted by atomic mass is 10.0. The molecule has 4 nitrogen and oxygen atoms in total. The molecule has 2 atom stereocenters. The van der Waals surface area contributed by atoms with E-state index in [2.05, 4.69) is 15.9 Å². The summed E-state index contributed by atoms with van der Waals surface area (Å²) in [6.07, 6.45) is -2.94. The van der Waals surface area contributed by atoms with E-state index in [1.54, 1.807) is 13.0 Å². The molecule has 106 valence electrons. The van der Waals surface area contributed by atoms with Crippen LogP contribution in [0.15, 0.2) is 40.9 Å². The van der Waals surface area contributed by atoms with Crippen molar-refractivity contribution in [2.24, 2.45) is 0 Å². The van der Waals surface area contributed by atoms with Crippen LogP contribution in [0.1, 0.15) is 18.6 Å². The Morgan fingerprint density at radius 3 is 2.65 bits per heavy atom. The van der Waals surface area contributed by atoms with E-state index in [0.717, 1.165) is 10.8 Å². The summed E-state index contributed by atoms with van der Waals surface area (Å²) in [6, 6.07) is 11.1. The van der Waals surface area contributed by atoms with Gasteiger partial charge < -0.3 is 14.9 Å². The fraction of sp³-hybridized carbons (Fsp3) is 0.267. The Kier molecular flexibility index (Phi) is 4.75. The molecule has 0 amide bonds. The molecule has 2 aromatic carbocycles. The maximum atomic E-state index is 11.5. The van der Waals surface area contributed by atoms with Gasteiger partial charge in [0, 0.05) is 4.47 Å². The van der Waals surface area contributed by atoms with Crippen LogP contribution in [0.2, 0.25) is 0 Å². The molecule has 5 heteroatoms. The molecule has 2 N–H and O–H groups in total. The Balaban J connectivity index is 2.37. The summed E-state index contributed by atoms with van der Waals surface area (Å²) in [7, 11) is 0. The number of rotatable bonds is 4. The van der Waals surface area contributed by atoms with Crippen LogP contribution in [0, 0.1) is 0 Å². The van der Waals surface area contributed by atoms with Gasteiger partial charge in [-0.25, -0.2) is 4.79 Å². The Labute approximate surface area is 125 Å². The number of carbonyl (C=O) groups excluding carboxylic acids is 1. The van der Waals surface area contributed by atoms with Gasteiger partial charge in [0.2, 0.25) is 0 Å². The van der Waals surface area contributed by atoms with Gasteiger partial charge in [0.15, 0.2) is 6.10 Å². The fourth-order valence-corrected chi connectivity index (χ4v) is 2.73. The monoisotopic (exact) mass is 338 g/mol. The highest BCUT2D eigenvalue weighted by Gasteiger charge is 2.28. The van der Waals surface area contributed by atoms with Gasteiger partial charge in [-0.1, -0.05) is 36.4 Å². The van der Waals surface area contributed by atoms with Crippen molar-refractivity contribution < 1.29 is 19.7 Å². The van der Waals surface area contributed by atoms with E-state index in [4.69, 9.17) is 4.74 Å². The lowest BCUT2D eigenvalue weighted by Gasteiger charge is -2.18. The normalized spacial score (nSPS) is 14.0. The highest BCUT2D eigenvalue weighted by Crippen LogP contribution is 2.32. The number of hydrogen-bond donors (Lipinski definition) is 2. The molecule has 20 heavy (non-hydrogen) atoms. The zero-order chi connectivity index (χ0) is 14.7. The highest BCUT2D eigenvalue weighted by molar-refractivity contribution is 9.10. The van der Waals surface area contributed by atoms with Gasteiger partial charge in [0.05, 0.1) is 6.61 Å². The van der Waals surface area contributed by atoms with Crippen molar-refractivity contribution >= 4 is 32.7 Å². The number of carbonyl (C=O) groups is 1. The number of fused-ring (bicyclic) bond motifs is 1. The Morgan fingerprint density at radius 2 is 1.95 bits per heavy atom. The molecular weight excluding hydrogens is 324 g/mol. The Hall–Kier alpha value is -1.43. The summed E-state index contributed by atoms with van der Waals surface area (Å²) in [4.78, 5) is 11.5. The second-order valence-electron chi connectivity index (χ2n) is 4.33. The molecular formula is C15H15BrO4. The first-order chi connectivity index (χ1) is 9.56. The summed E-state index contributed by atoms with van der Waals surface area (Å²) >= 11 is 3.42. The second-order valence-corrected chi connectivity index (χ2v) is 5.12. The predicted octanol–water partition coefficient (Wildman–Crippen LogP) is 2.56. The first kappa shape index (κ1) is 15.0. The van der Waals surface area contributed by atoms with Crippen LogP contribution in [0.4, 0.5) is 0 Å². The molecule has 0 fully saturated rings. The van der Waals surface area contributed by atoms with Crippen LogP contribution in [0.3, 0.4) is 0 Å². The molecule has 0 saturated carbocycles. The number of ether oxygens (including phenoxy) is 1. The van der Waals surface area contributed by atoms with Crippen molar-refractivity contribution in [3.63, 3.8) is 0 Å². The van der Waals surface area contributed by atoms with Gasteiger partial charge >= 0.3 is 5.97 Å². The van der Waals surface area contributed by atoms with Gasteiger partial charge in [0.1, 0.15) is 6.10 Å². The first-order valence-electron chi connectivity index (χ1n) is 6.26. The zero-order valence-electron chi connectivity index (χ0n) is 10.9. The van der Waals surface area contributed by atoms with E-state index < -0.39 is 18.2 Å². The standard InChI is InChI=1S/C15H15BrO4/c1-2-20-15(19)14(18)13(17)11-8-7-9-5-3-4-6-10(9)12(11)16/h3-8,13-14,17-18H,2H2,1H3. The van der Waals surface area contributed by atoms with Crippen molar-refractivity contribution in [1.29, 1.82) is 0 Å². The van der Waals surface area contributed by atoms with Gasteiger partial charge in [-0.05, 0) is 39.2 Å². The van der Waals surface area contributed by atoms with Crippen LogP contribution in [-0.2, 0) is 9.53 Å². The fourth-order valence-electron chi connectivity index (χ4n) is 2.01. The molecule has 0 aliphatic rings. The van der Waals surface area contributed by atoms with E-state index in [1.165, 1.54) is 0 Å². The summed E-state index contributed by atoms with van der Waals surface area (Å²) in [6.45, 7) is 1.80. The quantitative estimate of drug-likeness (QED) is 0.841. The average Bonchev–Trinajstić information content (AvgIpc) is 2.46. The van der Waals surface area contributed by atoms with E-state index >= 15 is 0 Å². The van der Waals surface area contributed by atoms with Crippen LogP contribution >= 0.6 is 15.9 Å². The van der Waals surface area contributed by atoms with Crippen molar-refractivity contribution in [2.45, 2.75) is 19.1 Å². The molecule has 0 aromatic heterocycles. The second kappa shape index (κ2) is 6.35. The molecule has 0 aliphatic heterocycles. The van der Waals surface area contributed by atoms with Crippen molar-refractivity contribution in [2.75, 3.05) is 6.61 Å². The van der Waals surface area contributed by atoms with Gasteiger partial charge in [-0.3, -0.25) is 0 Å². The van der Waals surface area contributed by atoms with E-state index in [-0.39, 0.29) is 6.61 Å². The molecule has 0 bridgehead atoms. The Bertz CT molecular complexity index is 626. The SMILES string of the molecule is CCOC(=O)C(O)C(O)c1ccc2ccccc2c1Br. The van der Waals surface area contributed by atoms with Gasteiger partial charge in [-0.15, -0.1) is 0 Å². The topological polar surface area (TPSA) is 66.8 Å². The van der Waals surface area contributed by atoms with Crippen LogP contribution in [0.5, 0.6) is 0 Å². The third-order valence-corrected chi connectivity index (χ3v) is 3.92. The molecule has 2 unspecified atom stereocenters. The number of aliphatic hydroxyl groups excluding tert-OH is 2. The number of hydrogen-bond acceptors (Lipinski definition) is 4. The number of halogens is 1. The number of esters is 1. The molecule has 0 saturated heterocycles. The van der Waals surface area contributed by atoms with E-state index in [0.29, 0.717) is 10.0 Å². The molecule has 0 radical (unpaired) electrons. The average molecular weight is 339 g/mol. The molecule has 0 heterocycles. The Morgan fingerprint density at radius 1 is 1.25 bits per heavy atom. The predicted molar refractivity (Wildman–Crippen MR) is 79.2 cm³/mol. The third kappa shape index (κ3) is 2.85. The minimum Gasteiger partial charge on any atom is -0.464 e. The first-order valence-corrected chi connectivity index (χ1v) is 7.05. The minimum atomic E-state index is -1.60. The summed E-state index contributed by atoms with van der Waals surface area (Å²) in [5.41, 5.74) is 0.448. The maximum absolute atomic E-state index is 11.5. The molecule has 0 spiro atoms. The van der Waals surface area contributed by atoms with Crippen molar-refractivity contribution in [3.8, 4) is 0 Å². The van der Waals surface area contributed by atoms with Crippen LogP contribution < -0.4 is 0 Å². The van der Waals surface area contributed by atoms with Gasteiger partial charge in [0.25, 0.3) is 0 Å². The number of benzene rings is 2. The lowest BCUT2D eigenvalue weighted by molar-refractivity contribution is -0.159. The van der Waals surface area contributed by atoms with E-state index in [1.807, 2.05) is 30.3 Å². The lowest BCUT2D eigenvalue weighted by Crippen LogP contribution is -2.30. The van der Waals surface area contributed by atoms with E-state index in [9.17, 15) is 15.0 Å². The summed E-state index contributed by atoms with van der Waals surface area (Å²) in [5.74, 6) is -0.833. The van der Waals surface area contributed by atoms with Gasteiger partial charge in [-0.2, -0.15) is 0 Å². The largest absolute Gasteiger partial charge is 0.464 e. The zero-order valence-corrected chi connectivity index (χ0v) is 12.5. The van der Waals surface area contributed by atoms with Crippen LogP contribution in [-0.4, -0.2) is 28.9 Å². The minimum absolute atomic E-state index is 0.154. The van der Waals surface area contributed by atoms with Crippen LogP contribution in [0.25, 0.3) is 10.8 Å². The molecule has 2 rings (SSSR count). The third-order valence-electron chi connectivity index (χ3n) is 3.04. The van der Waals surface area contributed by atoms with Crippen molar-refractivity contribution in [1.82, 2.24) is 0 Å². The molecule has 2 aromatic rings.